The second kappa shape index (κ2) is 4.23. The van der Waals surface area contributed by atoms with Crippen molar-refractivity contribution in [1.82, 2.24) is 0 Å². The summed E-state index contributed by atoms with van der Waals surface area (Å²) in [5, 5.41) is 9.24. The van der Waals surface area contributed by atoms with Crippen LogP contribution in [0.15, 0.2) is 24.3 Å². The molecular weight excluding hydrogens is 186 g/mol. The summed E-state index contributed by atoms with van der Waals surface area (Å²) in [6, 6.07) is 8.00. The minimum Gasteiger partial charge on any atom is -0.508 e. The molecule has 0 aliphatic heterocycles. The highest BCUT2D eigenvalue weighted by atomic mass is 16.3. The van der Waals surface area contributed by atoms with E-state index in [1.54, 1.807) is 12.1 Å². The SMILES string of the molecule is CC1CC(N)CCC1c1ccc(O)cc1. The Kier molecular flexibility index (Phi) is 2.96. The third kappa shape index (κ3) is 2.32. The molecule has 2 nitrogen and oxygen atoms in total. The maximum Gasteiger partial charge on any atom is 0.115 e. The van der Waals surface area contributed by atoms with Crippen LogP contribution in [0.5, 0.6) is 5.75 Å². The zero-order valence-electron chi connectivity index (χ0n) is 9.19. The van der Waals surface area contributed by atoms with E-state index < -0.39 is 0 Å². The van der Waals surface area contributed by atoms with Crippen LogP contribution in [0.4, 0.5) is 0 Å². The molecule has 3 atom stereocenters. The monoisotopic (exact) mass is 205 g/mol. The van der Waals surface area contributed by atoms with Gasteiger partial charge in [0.25, 0.3) is 0 Å². The molecule has 1 aromatic carbocycles. The van der Waals surface area contributed by atoms with Crippen LogP contribution >= 0.6 is 0 Å². The van der Waals surface area contributed by atoms with Gasteiger partial charge in [-0.1, -0.05) is 19.1 Å². The Morgan fingerprint density at radius 3 is 2.47 bits per heavy atom. The molecule has 1 aliphatic rings. The second-order valence-corrected chi connectivity index (χ2v) is 4.75. The van der Waals surface area contributed by atoms with Gasteiger partial charge < -0.3 is 10.8 Å². The maximum absolute atomic E-state index is 9.24. The van der Waals surface area contributed by atoms with Gasteiger partial charge in [-0.15, -0.1) is 0 Å². The summed E-state index contributed by atoms with van der Waals surface area (Å²) in [5.74, 6) is 1.61. The van der Waals surface area contributed by atoms with Crippen LogP contribution in [0.2, 0.25) is 0 Å². The molecule has 0 bridgehead atoms. The lowest BCUT2D eigenvalue weighted by Gasteiger charge is -2.32. The van der Waals surface area contributed by atoms with Crippen molar-refractivity contribution >= 4 is 0 Å². The molecule has 1 fully saturated rings. The number of aromatic hydroxyl groups is 1. The quantitative estimate of drug-likeness (QED) is 0.740. The van der Waals surface area contributed by atoms with Crippen LogP contribution in [0.1, 0.15) is 37.7 Å². The van der Waals surface area contributed by atoms with Crippen LogP contribution in [0, 0.1) is 5.92 Å². The van der Waals surface area contributed by atoms with E-state index in [2.05, 4.69) is 6.92 Å². The van der Waals surface area contributed by atoms with Gasteiger partial charge in [-0.3, -0.25) is 0 Å². The number of phenols is 1. The molecule has 0 saturated heterocycles. The number of hydrogen-bond acceptors (Lipinski definition) is 2. The standard InChI is InChI=1S/C13H19NO/c1-9-8-11(14)4-7-13(9)10-2-5-12(15)6-3-10/h2-3,5-6,9,11,13,15H,4,7-8,14H2,1H3. The first-order valence-electron chi connectivity index (χ1n) is 5.71. The van der Waals surface area contributed by atoms with Gasteiger partial charge in [-0.2, -0.15) is 0 Å². The van der Waals surface area contributed by atoms with Crippen LogP contribution in [-0.2, 0) is 0 Å². The number of phenolic OH excluding ortho intramolecular Hbond substituents is 1. The van der Waals surface area contributed by atoms with Crippen molar-refractivity contribution in [3.8, 4) is 5.75 Å². The number of hydrogen-bond donors (Lipinski definition) is 2. The summed E-state index contributed by atoms with van der Waals surface area (Å²) >= 11 is 0. The molecule has 3 unspecified atom stereocenters. The zero-order chi connectivity index (χ0) is 10.8. The first-order chi connectivity index (χ1) is 7.16. The Morgan fingerprint density at radius 2 is 1.87 bits per heavy atom. The predicted octanol–water partition coefficient (Wildman–Crippen LogP) is 2.62. The Morgan fingerprint density at radius 1 is 1.20 bits per heavy atom. The van der Waals surface area contributed by atoms with Gasteiger partial charge in [-0.05, 0) is 48.8 Å². The molecule has 0 radical (unpaired) electrons. The molecule has 15 heavy (non-hydrogen) atoms. The fraction of sp³-hybridized carbons (Fsp3) is 0.538. The fourth-order valence-corrected chi connectivity index (χ4v) is 2.65. The van der Waals surface area contributed by atoms with Crippen molar-refractivity contribution in [2.24, 2.45) is 11.7 Å². The van der Waals surface area contributed by atoms with E-state index in [0.29, 0.717) is 23.6 Å². The van der Waals surface area contributed by atoms with Gasteiger partial charge in [0, 0.05) is 6.04 Å². The molecule has 82 valence electrons. The molecule has 0 heterocycles. The van der Waals surface area contributed by atoms with Gasteiger partial charge >= 0.3 is 0 Å². The molecular formula is C13H19NO. The van der Waals surface area contributed by atoms with E-state index >= 15 is 0 Å². The average molecular weight is 205 g/mol. The molecule has 1 saturated carbocycles. The smallest absolute Gasteiger partial charge is 0.115 e. The molecule has 1 aliphatic carbocycles. The van der Waals surface area contributed by atoms with Crippen molar-refractivity contribution in [3.63, 3.8) is 0 Å². The minimum atomic E-state index is 0.346. The van der Waals surface area contributed by atoms with E-state index in [1.807, 2.05) is 12.1 Å². The third-order valence-electron chi connectivity index (χ3n) is 3.53. The van der Waals surface area contributed by atoms with Crippen LogP contribution in [-0.4, -0.2) is 11.1 Å². The van der Waals surface area contributed by atoms with E-state index in [9.17, 15) is 5.11 Å². The second-order valence-electron chi connectivity index (χ2n) is 4.75. The summed E-state index contributed by atoms with van der Waals surface area (Å²) in [6.07, 6.45) is 3.41. The molecule has 1 aromatic rings. The summed E-state index contributed by atoms with van der Waals surface area (Å²) in [5.41, 5.74) is 7.29. The summed E-state index contributed by atoms with van der Waals surface area (Å²) in [4.78, 5) is 0. The molecule has 3 N–H and O–H groups in total. The lowest BCUT2D eigenvalue weighted by Crippen LogP contribution is -2.31. The van der Waals surface area contributed by atoms with E-state index in [4.69, 9.17) is 5.73 Å². The van der Waals surface area contributed by atoms with Crippen molar-refractivity contribution in [2.75, 3.05) is 0 Å². The summed E-state index contributed by atoms with van der Waals surface area (Å²) < 4.78 is 0. The fourth-order valence-electron chi connectivity index (χ4n) is 2.65. The van der Waals surface area contributed by atoms with Gasteiger partial charge in [-0.25, -0.2) is 0 Å². The van der Waals surface area contributed by atoms with E-state index in [-0.39, 0.29) is 0 Å². The Hall–Kier alpha value is -1.02. The van der Waals surface area contributed by atoms with Crippen molar-refractivity contribution in [2.45, 2.75) is 38.1 Å². The Bertz CT molecular complexity index is 320. The van der Waals surface area contributed by atoms with Gasteiger partial charge in [0.15, 0.2) is 0 Å². The van der Waals surface area contributed by atoms with Crippen molar-refractivity contribution < 1.29 is 5.11 Å². The molecule has 0 spiro atoms. The van der Waals surface area contributed by atoms with Crippen LogP contribution in [0.25, 0.3) is 0 Å². The molecule has 2 heteroatoms. The minimum absolute atomic E-state index is 0.346. The van der Waals surface area contributed by atoms with Gasteiger partial charge in [0.05, 0.1) is 0 Å². The Labute approximate surface area is 91.1 Å². The Balaban J connectivity index is 2.13. The molecule has 0 amide bonds. The maximum atomic E-state index is 9.24. The van der Waals surface area contributed by atoms with Crippen LogP contribution in [0.3, 0.4) is 0 Å². The number of benzene rings is 1. The highest BCUT2D eigenvalue weighted by Gasteiger charge is 2.26. The lowest BCUT2D eigenvalue weighted by molar-refractivity contribution is 0.298. The predicted molar refractivity (Wildman–Crippen MR) is 61.8 cm³/mol. The van der Waals surface area contributed by atoms with Crippen LogP contribution < -0.4 is 5.73 Å². The first-order valence-corrected chi connectivity index (χ1v) is 5.71. The number of nitrogens with two attached hydrogens (primary N) is 1. The summed E-state index contributed by atoms with van der Waals surface area (Å²) in [7, 11) is 0. The zero-order valence-corrected chi connectivity index (χ0v) is 9.19. The van der Waals surface area contributed by atoms with Crippen molar-refractivity contribution in [1.29, 1.82) is 0 Å². The largest absolute Gasteiger partial charge is 0.508 e. The van der Waals surface area contributed by atoms with E-state index in [1.165, 1.54) is 12.0 Å². The molecule has 2 rings (SSSR count). The highest BCUT2D eigenvalue weighted by Crippen LogP contribution is 2.37. The summed E-state index contributed by atoms with van der Waals surface area (Å²) in [6.45, 7) is 2.27. The van der Waals surface area contributed by atoms with Gasteiger partial charge in [0.2, 0.25) is 0 Å². The third-order valence-corrected chi connectivity index (χ3v) is 3.53. The number of rotatable bonds is 1. The topological polar surface area (TPSA) is 46.2 Å². The molecule has 0 aromatic heterocycles. The van der Waals surface area contributed by atoms with Gasteiger partial charge in [0.1, 0.15) is 5.75 Å². The highest BCUT2D eigenvalue weighted by molar-refractivity contribution is 5.29. The average Bonchev–Trinajstić information content (AvgIpc) is 2.20. The van der Waals surface area contributed by atoms with E-state index in [0.717, 1.165) is 12.8 Å². The normalized spacial score (nSPS) is 31.5. The lowest BCUT2D eigenvalue weighted by atomic mass is 9.75. The van der Waals surface area contributed by atoms with Crippen molar-refractivity contribution in [3.05, 3.63) is 29.8 Å². The first kappa shape index (κ1) is 10.5.